The molecule has 2 N–H and O–H groups in total. The smallest absolute Gasteiger partial charge is 0.241 e. The first-order valence-corrected chi connectivity index (χ1v) is 9.21. The average molecular weight is 325 g/mol. The summed E-state index contributed by atoms with van der Waals surface area (Å²) in [7, 11) is -3.53. The van der Waals surface area contributed by atoms with Gasteiger partial charge in [-0.3, -0.25) is 0 Å². The van der Waals surface area contributed by atoms with Crippen LogP contribution in [-0.4, -0.2) is 19.9 Å². The molecule has 114 valence electrons. The summed E-state index contributed by atoms with van der Waals surface area (Å²) in [5.74, 6) is 0. The molecule has 0 aliphatic heterocycles. The molecule has 1 heterocycles. The second-order valence-corrected chi connectivity index (χ2v) is 7.04. The van der Waals surface area contributed by atoms with Crippen molar-refractivity contribution in [3.8, 4) is 0 Å². The Morgan fingerprint density at radius 1 is 1.24 bits per heavy atom. The molecule has 5 nitrogen and oxygen atoms in total. The molecule has 0 saturated carbocycles. The minimum absolute atomic E-state index is 0.211. The van der Waals surface area contributed by atoms with Crippen LogP contribution in [0.25, 0.3) is 0 Å². The van der Waals surface area contributed by atoms with E-state index in [1.165, 1.54) is 11.3 Å². The summed E-state index contributed by atoms with van der Waals surface area (Å²) in [6, 6.07) is 7.05. The number of sulfonamides is 1. The summed E-state index contributed by atoms with van der Waals surface area (Å²) < 4.78 is 27.4. The topological polar surface area (TPSA) is 71.1 Å². The maximum absolute atomic E-state index is 12.4. The SMILES string of the molecule is CCCNCc1ccccc1S(=O)(=O)NCc1cscn1. The lowest BCUT2D eigenvalue weighted by Gasteiger charge is -2.11. The highest BCUT2D eigenvalue weighted by atomic mass is 32.2. The Morgan fingerprint density at radius 3 is 2.76 bits per heavy atom. The summed E-state index contributed by atoms with van der Waals surface area (Å²) in [4.78, 5) is 4.40. The molecule has 0 atom stereocenters. The van der Waals surface area contributed by atoms with E-state index in [-0.39, 0.29) is 6.54 Å². The maximum Gasteiger partial charge on any atom is 0.241 e. The quantitative estimate of drug-likeness (QED) is 0.729. The van der Waals surface area contributed by atoms with Crippen LogP contribution >= 0.6 is 11.3 Å². The number of nitrogens with zero attached hydrogens (tertiary/aromatic N) is 1. The van der Waals surface area contributed by atoms with Gasteiger partial charge in [0.15, 0.2) is 0 Å². The van der Waals surface area contributed by atoms with Crippen LogP contribution in [0.15, 0.2) is 40.1 Å². The maximum atomic E-state index is 12.4. The first-order chi connectivity index (χ1) is 10.1. The Balaban J connectivity index is 2.11. The molecule has 1 aromatic carbocycles. The second-order valence-electron chi connectivity index (χ2n) is 4.59. The van der Waals surface area contributed by atoms with Crippen molar-refractivity contribution in [3.05, 3.63) is 46.4 Å². The third-order valence-electron chi connectivity index (χ3n) is 2.93. The molecule has 7 heteroatoms. The number of thiazole rings is 1. The number of hydrogen-bond donors (Lipinski definition) is 2. The van der Waals surface area contributed by atoms with E-state index < -0.39 is 10.0 Å². The van der Waals surface area contributed by atoms with E-state index in [1.54, 1.807) is 17.6 Å². The zero-order valence-electron chi connectivity index (χ0n) is 11.9. The van der Waals surface area contributed by atoms with Crippen LogP contribution in [0.3, 0.4) is 0 Å². The Labute approximate surface area is 129 Å². The Hall–Kier alpha value is -1.28. The molecule has 2 rings (SSSR count). The van der Waals surface area contributed by atoms with Gasteiger partial charge in [0.1, 0.15) is 0 Å². The lowest BCUT2D eigenvalue weighted by Crippen LogP contribution is -2.25. The fourth-order valence-corrected chi connectivity index (χ4v) is 3.68. The van der Waals surface area contributed by atoms with Gasteiger partial charge >= 0.3 is 0 Å². The van der Waals surface area contributed by atoms with Crippen molar-refractivity contribution in [1.29, 1.82) is 0 Å². The van der Waals surface area contributed by atoms with E-state index >= 15 is 0 Å². The van der Waals surface area contributed by atoms with Crippen molar-refractivity contribution in [1.82, 2.24) is 15.0 Å². The van der Waals surface area contributed by atoms with E-state index in [4.69, 9.17) is 0 Å². The molecule has 0 bridgehead atoms. The van der Waals surface area contributed by atoms with Crippen LogP contribution in [0.5, 0.6) is 0 Å². The second kappa shape index (κ2) is 7.65. The summed E-state index contributed by atoms with van der Waals surface area (Å²) in [6.45, 7) is 3.69. The summed E-state index contributed by atoms with van der Waals surface area (Å²) in [6.07, 6.45) is 1.01. The van der Waals surface area contributed by atoms with Crippen molar-refractivity contribution in [2.45, 2.75) is 31.3 Å². The first-order valence-electron chi connectivity index (χ1n) is 6.79. The monoisotopic (exact) mass is 325 g/mol. The van der Waals surface area contributed by atoms with Gasteiger partial charge in [0.25, 0.3) is 0 Å². The van der Waals surface area contributed by atoms with Gasteiger partial charge < -0.3 is 5.32 Å². The fraction of sp³-hybridized carbons (Fsp3) is 0.357. The highest BCUT2D eigenvalue weighted by Crippen LogP contribution is 2.15. The van der Waals surface area contributed by atoms with Gasteiger partial charge in [0, 0.05) is 11.9 Å². The van der Waals surface area contributed by atoms with Crippen LogP contribution in [0.1, 0.15) is 24.6 Å². The Kier molecular flexibility index (Phi) is 5.86. The standard InChI is InChI=1S/C14H19N3O2S2/c1-2-7-15-8-12-5-3-4-6-14(12)21(18,19)17-9-13-10-20-11-16-13/h3-6,10-11,15,17H,2,7-9H2,1H3. The van der Waals surface area contributed by atoms with Crippen LogP contribution in [0, 0.1) is 0 Å². The Morgan fingerprint density at radius 2 is 2.05 bits per heavy atom. The number of benzene rings is 1. The molecule has 0 fully saturated rings. The number of rotatable bonds is 8. The van der Waals surface area contributed by atoms with Gasteiger partial charge in [0.05, 0.1) is 22.6 Å². The highest BCUT2D eigenvalue weighted by Gasteiger charge is 2.17. The van der Waals surface area contributed by atoms with Crippen molar-refractivity contribution >= 4 is 21.4 Å². The summed E-state index contributed by atoms with van der Waals surface area (Å²) >= 11 is 1.45. The third kappa shape index (κ3) is 4.60. The molecular weight excluding hydrogens is 306 g/mol. The van der Waals surface area contributed by atoms with Gasteiger partial charge in [-0.1, -0.05) is 25.1 Å². The largest absolute Gasteiger partial charge is 0.313 e. The van der Waals surface area contributed by atoms with Crippen molar-refractivity contribution in [2.24, 2.45) is 0 Å². The van der Waals surface area contributed by atoms with Crippen molar-refractivity contribution < 1.29 is 8.42 Å². The summed E-state index contributed by atoms with van der Waals surface area (Å²) in [5, 5.41) is 5.06. The zero-order chi connectivity index (χ0) is 15.1. The number of hydrogen-bond acceptors (Lipinski definition) is 5. The molecule has 0 unspecified atom stereocenters. The lowest BCUT2D eigenvalue weighted by molar-refractivity contribution is 0.577. The lowest BCUT2D eigenvalue weighted by atomic mass is 10.2. The molecule has 0 saturated heterocycles. The molecule has 0 amide bonds. The van der Waals surface area contributed by atoms with E-state index in [1.807, 2.05) is 17.5 Å². The molecular formula is C14H19N3O2S2. The van der Waals surface area contributed by atoms with Gasteiger partial charge in [-0.25, -0.2) is 18.1 Å². The molecule has 0 aliphatic rings. The molecule has 2 aromatic rings. The van der Waals surface area contributed by atoms with Crippen LogP contribution < -0.4 is 10.0 Å². The number of nitrogens with one attached hydrogen (secondary N) is 2. The number of aromatic nitrogens is 1. The van der Waals surface area contributed by atoms with Gasteiger partial charge in [-0.2, -0.15) is 0 Å². The molecule has 0 spiro atoms. The van der Waals surface area contributed by atoms with Crippen LogP contribution in [-0.2, 0) is 23.1 Å². The summed E-state index contributed by atoms with van der Waals surface area (Å²) in [5.41, 5.74) is 3.19. The Bertz CT molecular complexity index is 655. The predicted octanol–water partition coefficient (Wildman–Crippen LogP) is 2.12. The molecule has 1 aromatic heterocycles. The normalized spacial score (nSPS) is 11.7. The minimum atomic E-state index is -3.53. The predicted molar refractivity (Wildman–Crippen MR) is 84.6 cm³/mol. The van der Waals surface area contributed by atoms with E-state index in [0.29, 0.717) is 11.4 Å². The minimum Gasteiger partial charge on any atom is -0.313 e. The zero-order valence-corrected chi connectivity index (χ0v) is 13.5. The first kappa shape index (κ1) is 16.1. The molecule has 21 heavy (non-hydrogen) atoms. The van der Waals surface area contributed by atoms with Gasteiger partial charge in [0.2, 0.25) is 10.0 Å². The van der Waals surface area contributed by atoms with E-state index in [9.17, 15) is 8.42 Å². The highest BCUT2D eigenvalue weighted by molar-refractivity contribution is 7.89. The van der Waals surface area contributed by atoms with Crippen molar-refractivity contribution in [3.63, 3.8) is 0 Å². The van der Waals surface area contributed by atoms with Gasteiger partial charge in [-0.05, 0) is 24.6 Å². The third-order valence-corrected chi connectivity index (χ3v) is 5.07. The fourth-order valence-electron chi connectivity index (χ4n) is 1.88. The van der Waals surface area contributed by atoms with Crippen molar-refractivity contribution in [2.75, 3.05) is 6.54 Å². The molecule has 0 radical (unpaired) electrons. The van der Waals surface area contributed by atoms with E-state index in [2.05, 4.69) is 21.9 Å². The van der Waals surface area contributed by atoms with Crippen LogP contribution in [0.2, 0.25) is 0 Å². The van der Waals surface area contributed by atoms with E-state index in [0.717, 1.165) is 24.2 Å². The average Bonchev–Trinajstić information content (AvgIpc) is 2.99. The molecule has 0 aliphatic carbocycles. The van der Waals surface area contributed by atoms with Gasteiger partial charge in [-0.15, -0.1) is 11.3 Å². The van der Waals surface area contributed by atoms with Crippen LogP contribution in [0.4, 0.5) is 0 Å².